The lowest BCUT2D eigenvalue weighted by atomic mass is 9.79. The van der Waals surface area contributed by atoms with Crippen LogP contribution in [0.1, 0.15) is 65.0 Å². The summed E-state index contributed by atoms with van der Waals surface area (Å²) in [5.74, 6) is 0. The van der Waals surface area contributed by atoms with Crippen LogP contribution in [0.4, 0.5) is 11.4 Å². The molecule has 244 valence electrons. The summed E-state index contributed by atoms with van der Waals surface area (Å²) in [6.45, 7) is 14.8. The monoisotopic (exact) mass is 645 g/mol. The number of allylic oxidation sites excluding steroid dienone is 6. The topological polar surface area (TPSA) is 6.25 Å². The Morgan fingerprint density at radius 1 is 0.809 bits per heavy atom. The number of anilines is 1. The molecule has 0 saturated heterocycles. The maximum Gasteiger partial charge on any atom is 0.210 e. The lowest BCUT2D eigenvalue weighted by molar-refractivity contribution is -0.871. The quantitative estimate of drug-likeness (QED) is 0.0945. The van der Waals surface area contributed by atoms with Crippen molar-refractivity contribution in [2.75, 3.05) is 45.7 Å². The van der Waals surface area contributed by atoms with Crippen LogP contribution in [0.2, 0.25) is 0 Å². The summed E-state index contributed by atoms with van der Waals surface area (Å²) in [5.41, 5.74) is 7.77. The third-order valence-electron chi connectivity index (χ3n) is 10.3. The lowest BCUT2D eigenvalue weighted by Crippen LogP contribution is -2.36. The smallest absolute Gasteiger partial charge is 0.210 e. The minimum atomic E-state index is -0.161. The van der Waals surface area contributed by atoms with Crippen molar-refractivity contribution in [1.29, 1.82) is 0 Å². The third kappa shape index (κ3) is 6.21. The molecule has 3 nitrogen and oxygen atoms in total. The Morgan fingerprint density at radius 2 is 1.45 bits per heavy atom. The largest absolute Gasteiger partial charge is 0.344 e. The fourth-order valence-corrected chi connectivity index (χ4v) is 8.07. The van der Waals surface area contributed by atoms with E-state index in [-0.39, 0.29) is 10.8 Å². The molecule has 0 fully saturated rings. The summed E-state index contributed by atoms with van der Waals surface area (Å²) in [5, 5.41) is 6.00. The average Bonchev–Trinajstić information content (AvgIpc) is 3.39. The second-order valence-corrected chi connectivity index (χ2v) is 15.9. The first-order valence-corrected chi connectivity index (χ1v) is 17.8. The molecule has 47 heavy (non-hydrogen) atoms. The van der Waals surface area contributed by atoms with Gasteiger partial charge in [0.25, 0.3) is 0 Å². The number of nitrogens with zero attached hydrogens (tertiary/aromatic N) is 3. The average molecular weight is 646 g/mol. The number of hydrogen-bond donors (Lipinski definition) is 0. The minimum Gasteiger partial charge on any atom is -0.344 e. The molecule has 2 heterocycles. The molecule has 0 unspecified atom stereocenters. The highest BCUT2D eigenvalue weighted by Crippen LogP contribution is 2.51. The van der Waals surface area contributed by atoms with Gasteiger partial charge in [-0.1, -0.05) is 93.4 Å². The number of benzene rings is 4. The molecular formula is C43H52ClN3+2. The highest BCUT2D eigenvalue weighted by molar-refractivity contribution is 6.31. The van der Waals surface area contributed by atoms with E-state index in [0.29, 0.717) is 0 Å². The molecule has 0 amide bonds. The summed E-state index contributed by atoms with van der Waals surface area (Å²) in [6.07, 6.45) is 12.2. The minimum absolute atomic E-state index is 0.144. The van der Waals surface area contributed by atoms with Gasteiger partial charge in [-0.3, -0.25) is 0 Å². The molecule has 0 radical (unpaired) electrons. The van der Waals surface area contributed by atoms with E-state index in [9.17, 15) is 0 Å². The van der Waals surface area contributed by atoms with E-state index in [1.54, 1.807) is 0 Å². The molecule has 2 aliphatic heterocycles. The number of hydrogen-bond acceptors (Lipinski definition) is 1. The van der Waals surface area contributed by atoms with Gasteiger partial charge < -0.3 is 9.38 Å². The fraction of sp³-hybridized carbons (Fsp3) is 0.372. The summed E-state index contributed by atoms with van der Waals surface area (Å²) < 4.78 is 3.51. The fourth-order valence-electron chi connectivity index (χ4n) is 7.94. The van der Waals surface area contributed by atoms with E-state index < -0.39 is 0 Å². The molecule has 0 aromatic heterocycles. The zero-order valence-corrected chi connectivity index (χ0v) is 30.5. The molecule has 0 spiro atoms. The van der Waals surface area contributed by atoms with Crippen LogP contribution in [-0.2, 0) is 10.8 Å². The molecule has 0 atom stereocenters. The van der Waals surface area contributed by atoms with Gasteiger partial charge in [0.2, 0.25) is 5.69 Å². The van der Waals surface area contributed by atoms with Gasteiger partial charge in [0.15, 0.2) is 12.3 Å². The van der Waals surface area contributed by atoms with Crippen molar-refractivity contribution >= 4 is 50.2 Å². The predicted molar refractivity (Wildman–Crippen MR) is 205 cm³/mol. The Kier molecular flexibility index (Phi) is 9.02. The van der Waals surface area contributed by atoms with Gasteiger partial charge in [-0.15, -0.1) is 0 Å². The van der Waals surface area contributed by atoms with Crippen molar-refractivity contribution in [3.05, 3.63) is 119 Å². The van der Waals surface area contributed by atoms with Gasteiger partial charge in [-0.25, -0.2) is 0 Å². The van der Waals surface area contributed by atoms with E-state index in [1.807, 2.05) is 0 Å². The van der Waals surface area contributed by atoms with Crippen LogP contribution in [-0.4, -0.2) is 55.5 Å². The van der Waals surface area contributed by atoms with Crippen molar-refractivity contribution in [2.45, 2.75) is 64.7 Å². The van der Waals surface area contributed by atoms with Crippen LogP contribution in [0.5, 0.6) is 0 Å². The molecule has 4 aromatic rings. The molecule has 2 aliphatic rings. The molecule has 6 rings (SSSR count). The highest BCUT2D eigenvalue weighted by atomic mass is 35.5. The molecule has 4 aromatic carbocycles. The van der Waals surface area contributed by atoms with Gasteiger partial charge in [-0.2, -0.15) is 4.58 Å². The molecule has 0 saturated carbocycles. The highest BCUT2D eigenvalue weighted by Gasteiger charge is 2.45. The van der Waals surface area contributed by atoms with Crippen LogP contribution in [0.25, 0.3) is 21.5 Å². The van der Waals surface area contributed by atoms with Gasteiger partial charge in [0.05, 0.1) is 39.5 Å². The number of halogens is 1. The van der Waals surface area contributed by atoms with Gasteiger partial charge >= 0.3 is 0 Å². The molecule has 0 bridgehead atoms. The first kappa shape index (κ1) is 33.2. The Labute approximate surface area is 287 Å². The Bertz CT molecular complexity index is 1950. The number of fused-ring (bicyclic) bond motifs is 6. The van der Waals surface area contributed by atoms with Crippen molar-refractivity contribution in [1.82, 2.24) is 0 Å². The molecule has 0 aliphatic carbocycles. The Hall–Kier alpha value is -3.66. The number of unbranched alkanes of at least 4 members (excludes halogenated alkanes) is 1. The number of rotatable bonds is 10. The number of quaternary nitrogens is 1. The summed E-state index contributed by atoms with van der Waals surface area (Å²) >= 11 is 7.08. The second kappa shape index (κ2) is 12.7. The van der Waals surface area contributed by atoms with Crippen LogP contribution >= 0.6 is 11.6 Å². The van der Waals surface area contributed by atoms with Crippen molar-refractivity contribution in [2.24, 2.45) is 0 Å². The maximum absolute atomic E-state index is 7.08. The Balaban J connectivity index is 1.38. The van der Waals surface area contributed by atoms with Gasteiger partial charge in [0, 0.05) is 46.1 Å². The normalized spacial score (nSPS) is 18.3. The van der Waals surface area contributed by atoms with Gasteiger partial charge in [0.1, 0.15) is 0 Å². The maximum atomic E-state index is 7.08. The summed E-state index contributed by atoms with van der Waals surface area (Å²) in [7, 11) is 6.82. The van der Waals surface area contributed by atoms with Crippen molar-refractivity contribution < 1.29 is 9.06 Å². The predicted octanol–water partition coefficient (Wildman–Crippen LogP) is 10.6. The molecular weight excluding hydrogens is 594 g/mol. The van der Waals surface area contributed by atoms with Crippen LogP contribution < -0.4 is 4.90 Å². The van der Waals surface area contributed by atoms with Crippen LogP contribution in [0, 0.1) is 0 Å². The lowest BCUT2D eigenvalue weighted by Gasteiger charge is -2.27. The van der Waals surface area contributed by atoms with Crippen molar-refractivity contribution in [3.8, 4) is 0 Å². The van der Waals surface area contributed by atoms with Crippen molar-refractivity contribution in [3.63, 3.8) is 0 Å². The van der Waals surface area contributed by atoms with E-state index in [2.05, 4.69) is 162 Å². The standard InChI is InChI=1S/C43H52ClN3/c1-9-10-28-45-36-24-20-31-16-11-13-18-34(31)40(36)42(2,3)38(45)26-22-33(44)23-27-39-43(4,5)41-35-19-14-12-17-32(35)21-25-37(41)46(39)29-15-30-47(6,7)8/h11-14,16-27H,9-10,15,28-30H2,1-8H3/q+2. The third-order valence-corrected chi connectivity index (χ3v) is 10.5. The SMILES string of the molecule is CCCCN1/C(=C/C=C(Cl)/C=C/C2=[N+](CCC[N+](C)(C)C)c3ccc4ccccc4c3C2(C)C)C(C)(C)c2c1ccc1ccccc21. The van der Waals surface area contributed by atoms with E-state index in [0.717, 1.165) is 48.4 Å². The molecule has 0 N–H and O–H groups in total. The van der Waals surface area contributed by atoms with Crippen LogP contribution in [0.15, 0.2) is 108 Å². The zero-order valence-electron chi connectivity index (χ0n) is 29.7. The van der Waals surface area contributed by atoms with Crippen LogP contribution in [0.3, 0.4) is 0 Å². The first-order valence-electron chi connectivity index (χ1n) is 17.4. The van der Waals surface area contributed by atoms with Gasteiger partial charge in [-0.05, 0) is 77.7 Å². The van der Waals surface area contributed by atoms with E-state index >= 15 is 0 Å². The summed E-state index contributed by atoms with van der Waals surface area (Å²) in [4.78, 5) is 2.53. The second-order valence-electron chi connectivity index (χ2n) is 15.5. The molecule has 4 heteroatoms. The van der Waals surface area contributed by atoms with E-state index in [4.69, 9.17) is 11.6 Å². The van der Waals surface area contributed by atoms with E-state index in [1.165, 1.54) is 55.5 Å². The zero-order chi connectivity index (χ0) is 33.6. The Morgan fingerprint density at radius 3 is 2.11 bits per heavy atom. The first-order chi connectivity index (χ1) is 22.3. The summed E-state index contributed by atoms with van der Waals surface area (Å²) in [6, 6.07) is 26.8.